The molecule has 2 aliphatic rings. The summed E-state index contributed by atoms with van der Waals surface area (Å²) < 4.78 is 0. The maximum absolute atomic E-state index is 12.7. The number of amides is 1. The van der Waals surface area contributed by atoms with Crippen molar-refractivity contribution in [2.24, 2.45) is 16.7 Å². The standard InChI is InChI=1S/C17H25N3O/c1-16(2)11-5-7-17(3,9-11)15(16)20-14(21)12-10-19-8-6-13(12)18-4/h6,8,10-11,15H,5,7,9H2,1-4H3,(H,18,19)(H,20,21). The van der Waals surface area contributed by atoms with Gasteiger partial charge < -0.3 is 10.6 Å². The molecule has 3 atom stereocenters. The van der Waals surface area contributed by atoms with E-state index in [-0.39, 0.29) is 22.8 Å². The Hall–Kier alpha value is -1.58. The maximum atomic E-state index is 12.7. The van der Waals surface area contributed by atoms with E-state index in [1.54, 1.807) is 12.4 Å². The molecule has 0 aliphatic heterocycles. The number of anilines is 1. The molecular weight excluding hydrogens is 262 g/mol. The van der Waals surface area contributed by atoms with Crippen molar-refractivity contribution in [2.45, 2.75) is 46.1 Å². The number of hydrogen-bond donors (Lipinski definition) is 2. The molecule has 1 aromatic heterocycles. The highest BCUT2D eigenvalue weighted by Crippen LogP contribution is 2.62. The zero-order valence-electron chi connectivity index (χ0n) is 13.4. The van der Waals surface area contributed by atoms with Gasteiger partial charge in [-0.15, -0.1) is 0 Å². The van der Waals surface area contributed by atoms with Gasteiger partial charge >= 0.3 is 0 Å². The van der Waals surface area contributed by atoms with Gasteiger partial charge in [-0.2, -0.15) is 0 Å². The normalized spacial score (nSPS) is 33.0. The van der Waals surface area contributed by atoms with Crippen LogP contribution in [0.1, 0.15) is 50.4 Å². The average Bonchev–Trinajstić information content (AvgIpc) is 2.94. The highest BCUT2D eigenvalue weighted by Gasteiger charge is 2.59. The van der Waals surface area contributed by atoms with Crippen molar-refractivity contribution in [2.75, 3.05) is 12.4 Å². The highest BCUT2D eigenvalue weighted by molar-refractivity contribution is 5.99. The van der Waals surface area contributed by atoms with Crippen molar-refractivity contribution < 1.29 is 4.79 Å². The van der Waals surface area contributed by atoms with Crippen molar-refractivity contribution in [3.63, 3.8) is 0 Å². The van der Waals surface area contributed by atoms with Gasteiger partial charge in [-0.05, 0) is 42.1 Å². The third-order valence-electron chi connectivity index (χ3n) is 5.88. The smallest absolute Gasteiger partial charge is 0.255 e. The quantitative estimate of drug-likeness (QED) is 0.898. The number of nitrogens with zero attached hydrogens (tertiary/aromatic N) is 1. The van der Waals surface area contributed by atoms with Crippen LogP contribution in [0.4, 0.5) is 5.69 Å². The van der Waals surface area contributed by atoms with Gasteiger partial charge in [-0.25, -0.2) is 0 Å². The Morgan fingerprint density at radius 1 is 1.38 bits per heavy atom. The van der Waals surface area contributed by atoms with Gasteiger partial charge in [-0.1, -0.05) is 20.8 Å². The van der Waals surface area contributed by atoms with Crippen molar-refractivity contribution >= 4 is 11.6 Å². The summed E-state index contributed by atoms with van der Waals surface area (Å²) in [5.41, 5.74) is 1.87. The third-order valence-corrected chi connectivity index (χ3v) is 5.88. The van der Waals surface area contributed by atoms with Crippen LogP contribution in [0.5, 0.6) is 0 Å². The van der Waals surface area contributed by atoms with Crippen LogP contribution in [-0.4, -0.2) is 24.0 Å². The second-order valence-electron chi connectivity index (χ2n) is 7.49. The third kappa shape index (κ3) is 2.12. The molecule has 3 unspecified atom stereocenters. The molecule has 2 aliphatic carbocycles. The number of carbonyl (C=O) groups excluding carboxylic acids is 1. The Kier molecular flexibility index (Phi) is 3.23. The van der Waals surface area contributed by atoms with E-state index in [4.69, 9.17) is 0 Å². The van der Waals surface area contributed by atoms with E-state index >= 15 is 0 Å². The monoisotopic (exact) mass is 287 g/mol. The topological polar surface area (TPSA) is 54.0 Å². The summed E-state index contributed by atoms with van der Waals surface area (Å²) in [6, 6.07) is 2.07. The van der Waals surface area contributed by atoms with Crippen molar-refractivity contribution in [1.82, 2.24) is 10.3 Å². The fourth-order valence-corrected chi connectivity index (χ4v) is 4.66. The lowest BCUT2D eigenvalue weighted by Crippen LogP contribution is -2.52. The molecule has 0 saturated heterocycles. The molecule has 0 spiro atoms. The van der Waals surface area contributed by atoms with Crippen LogP contribution in [0.2, 0.25) is 0 Å². The van der Waals surface area contributed by atoms with Gasteiger partial charge in [0.05, 0.1) is 5.56 Å². The lowest BCUT2D eigenvalue weighted by atomic mass is 9.68. The number of carbonyl (C=O) groups is 1. The summed E-state index contributed by atoms with van der Waals surface area (Å²) in [6.45, 7) is 6.93. The van der Waals surface area contributed by atoms with Crippen LogP contribution in [-0.2, 0) is 0 Å². The number of nitrogens with one attached hydrogen (secondary N) is 2. The summed E-state index contributed by atoms with van der Waals surface area (Å²) in [6.07, 6.45) is 7.09. The number of rotatable bonds is 3. The van der Waals surface area contributed by atoms with E-state index in [1.807, 2.05) is 13.1 Å². The largest absolute Gasteiger partial charge is 0.387 e. The van der Waals surface area contributed by atoms with E-state index < -0.39 is 0 Å². The summed E-state index contributed by atoms with van der Waals surface area (Å²) in [5, 5.41) is 6.38. The van der Waals surface area contributed by atoms with Gasteiger partial charge in [0, 0.05) is 31.2 Å². The molecule has 114 valence electrons. The van der Waals surface area contributed by atoms with Crippen LogP contribution in [0.3, 0.4) is 0 Å². The lowest BCUT2D eigenvalue weighted by molar-refractivity contribution is 0.0738. The molecule has 2 bridgehead atoms. The fraction of sp³-hybridized carbons (Fsp3) is 0.647. The first kappa shape index (κ1) is 14.4. The Balaban J connectivity index is 1.85. The van der Waals surface area contributed by atoms with Gasteiger partial charge in [0.1, 0.15) is 0 Å². The molecule has 1 amide bonds. The van der Waals surface area contributed by atoms with Gasteiger partial charge in [-0.3, -0.25) is 9.78 Å². The minimum atomic E-state index is -0.0145. The van der Waals surface area contributed by atoms with E-state index in [9.17, 15) is 4.79 Å². The first-order chi connectivity index (χ1) is 9.88. The fourth-order valence-electron chi connectivity index (χ4n) is 4.66. The van der Waals surface area contributed by atoms with Crippen LogP contribution in [0.15, 0.2) is 18.5 Å². The minimum Gasteiger partial charge on any atom is -0.387 e. The molecule has 3 rings (SSSR count). The number of hydrogen-bond acceptors (Lipinski definition) is 3. The summed E-state index contributed by atoms with van der Waals surface area (Å²) >= 11 is 0. The maximum Gasteiger partial charge on any atom is 0.255 e. The molecule has 4 heteroatoms. The van der Waals surface area contributed by atoms with Crippen LogP contribution < -0.4 is 10.6 Å². The summed E-state index contributed by atoms with van der Waals surface area (Å²) in [4.78, 5) is 16.8. The molecule has 0 radical (unpaired) electrons. The Morgan fingerprint density at radius 2 is 2.14 bits per heavy atom. The molecule has 1 aromatic rings. The predicted octanol–water partition coefficient (Wildman–Crippen LogP) is 3.07. The Bertz CT molecular complexity index is 564. The lowest BCUT2D eigenvalue weighted by Gasteiger charge is -2.43. The molecule has 2 fully saturated rings. The van der Waals surface area contributed by atoms with Crippen molar-refractivity contribution in [3.05, 3.63) is 24.0 Å². The minimum absolute atomic E-state index is 0.0145. The average molecular weight is 287 g/mol. The highest BCUT2D eigenvalue weighted by atomic mass is 16.1. The summed E-state index contributed by atoms with van der Waals surface area (Å²) in [5.74, 6) is 0.713. The predicted molar refractivity (Wildman–Crippen MR) is 84.3 cm³/mol. The van der Waals surface area contributed by atoms with E-state index in [0.29, 0.717) is 5.56 Å². The zero-order chi connectivity index (χ0) is 15.3. The van der Waals surface area contributed by atoms with Crippen LogP contribution in [0, 0.1) is 16.7 Å². The number of pyridine rings is 1. The molecule has 0 aromatic carbocycles. The first-order valence-electron chi connectivity index (χ1n) is 7.81. The zero-order valence-corrected chi connectivity index (χ0v) is 13.4. The van der Waals surface area contributed by atoms with Crippen molar-refractivity contribution in [1.29, 1.82) is 0 Å². The molecule has 2 N–H and O–H groups in total. The van der Waals surface area contributed by atoms with Crippen LogP contribution >= 0.6 is 0 Å². The van der Waals surface area contributed by atoms with Crippen molar-refractivity contribution in [3.8, 4) is 0 Å². The van der Waals surface area contributed by atoms with Gasteiger partial charge in [0.2, 0.25) is 0 Å². The second kappa shape index (κ2) is 4.72. The van der Waals surface area contributed by atoms with E-state index in [2.05, 4.69) is 36.4 Å². The van der Waals surface area contributed by atoms with Gasteiger partial charge in [0.15, 0.2) is 0 Å². The van der Waals surface area contributed by atoms with E-state index in [0.717, 1.165) is 11.6 Å². The second-order valence-corrected chi connectivity index (χ2v) is 7.49. The molecule has 4 nitrogen and oxygen atoms in total. The van der Waals surface area contributed by atoms with Gasteiger partial charge in [0.25, 0.3) is 5.91 Å². The molecule has 1 heterocycles. The Morgan fingerprint density at radius 3 is 2.76 bits per heavy atom. The SMILES string of the molecule is CNc1ccncc1C(=O)NC1C2(C)CCC(C2)C1(C)C. The summed E-state index contributed by atoms with van der Waals surface area (Å²) in [7, 11) is 1.83. The first-order valence-corrected chi connectivity index (χ1v) is 7.81. The molecule has 2 saturated carbocycles. The Labute approximate surface area is 126 Å². The molecule has 21 heavy (non-hydrogen) atoms. The number of aromatic nitrogens is 1. The van der Waals surface area contributed by atoms with E-state index in [1.165, 1.54) is 19.3 Å². The molecular formula is C17H25N3O. The number of fused-ring (bicyclic) bond motifs is 2. The van der Waals surface area contributed by atoms with Crippen LogP contribution in [0.25, 0.3) is 0 Å².